The summed E-state index contributed by atoms with van der Waals surface area (Å²) in [6.45, 7) is -0.622. The summed E-state index contributed by atoms with van der Waals surface area (Å²) in [5.41, 5.74) is 6.40. The Morgan fingerprint density at radius 3 is 2.34 bits per heavy atom. The molecule has 1 heterocycles. The predicted molar refractivity (Wildman–Crippen MR) is 101 cm³/mol. The quantitative estimate of drug-likeness (QED) is 0.157. The largest absolute Gasteiger partial charge is 0.481 e. The summed E-state index contributed by atoms with van der Waals surface area (Å²) in [4.78, 5) is 64.1. The molecule has 160 valence electrons. The number of hydrogen-bond donors (Lipinski definition) is 8. The molecule has 1 aromatic rings. The Kier molecular flexibility index (Phi) is 9.61. The summed E-state index contributed by atoms with van der Waals surface area (Å²) >= 11 is 3.98. The summed E-state index contributed by atoms with van der Waals surface area (Å²) in [5.74, 6) is -5.31. The van der Waals surface area contributed by atoms with Gasteiger partial charge >= 0.3 is 11.9 Å². The van der Waals surface area contributed by atoms with E-state index in [1.165, 1.54) is 12.5 Å². The van der Waals surface area contributed by atoms with Gasteiger partial charge in [-0.1, -0.05) is 0 Å². The maximum absolute atomic E-state index is 12.1. The van der Waals surface area contributed by atoms with Crippen LogP contribution in [0, 0.1) is 0 Å². The number of thiol groups is 1. The highest BCUT2D eigenvalue weighted by atomic mass is 32.1. The minimum absolute atomic E-state index is 0.0905. The molecule has 1 aromatic heterocycles. The summed E-state index contributed by atoms with van der Waals surface area (Å²) in [5, 5.41) is 24.1. The third-order valence-corrected chi connectivity index (χ3v) is 3.95. The summed E-state index contributed by atoms with van der Waals surface area (Å²) in [7, 11) is 0. The van der Waals surface area contributed by atoms with E-state index >= 15 is 0 Å². The number of hydrogen-bond acceptors (Lipinski definition) is 8. The molecule has 3 atom stereocenters. The zero-order valence-corrected chi connectivity index (χ0v) is 16.0. The first kappa shape index (κ1) is 23.9. The van der Waals surface area contributed by atoms with Crippen molar-refractivity contribution in [3.8, 4) is 0 Å². The van der Waals surface area contributed by atoms with E-state index in [4.69, 9.17) is 15.9 Å². The Hall–Kier alpha value is -3.13. The lowest BCUT2D eigenvalue weighted by molar-refractivity contribution is -0.147. The van der Waals surface area contributed by atoms with Crippen molar-refractivity contribution in [2.45, 2.75) is 31.0 Å². The van der Waals surface area contributed by atoms with E-state index in [-0.39, 0.29) is 12.2 Å². The minimum atomic E-state index is -1.64. The monoisotopic (exact) mass is 430 g/mol. The molecule has 13 nitrogen and oxygen atoms in total. The van der Waals surface area contributed by atoms with Crippen LogP contribution in [0.15, 0.2) is 12.5 Å². The number of nitrogens with one attached hydrogen (secondary N) is 4. The molecular weight excluding hydrogens is 408 g/mol. The van der Waals surface area contributed by atoms with Crippen molar-refractivity contribution >= 4 is 42.3 Å². The zero-order valence-electron chi connectivity index (χ0n) is 15.1. The molecule has 14 heteroatoms. The van der Waals surface area contributed by atoms with Crippen LogP contribution in [0.4, 0.5) is 0 Å². The number of amides is 3. The van der Waals surface area contributed by atoms with E-state index in [2.05, 4.69) is 33.2 Å². The lowest BCUT2D eigenvalue weighted by Gasteiger charge is -2.19. The molecule has 29 heavy (non-hydrogen) atoms. The van der Waals surface area contributed by atoms with Crippen molar-refractivity contribution in [2.24, 2.45) is 5.73 Å². The van der Waals surface area contributed by atoms with E-state index in [1.54, 1.807) is 0 Å². The molecule has 0 bridgehead atoms. The van der Waals surface area contributed by atoms with Crippen LogP contribution in [0.3, 0.4) is 0 Å². The molecule has 8 N–H and O–H groups in total. The number of rotatable bonds is 12. The molecule has 0 saturated carbocycles. The Labute approximate surface area is 170 Å². The number of carboxylic acid groups (broad SMARTS) is 2. The van der Waals surface area contributed by atoms with Crippen molar-refractivity contribution in [3.05, 3.63) is 18.2 Å². The van der Waals surface area contributed by atoms with Crippen LogP contribution in [0.2, 0.25) is 0 Å². The average molecular weight is 430 g/mol. The Morgan fingerprint density at radius 1 is 1.14 bits per heavy atom. The number of carbonyl (C=O) groups excluding carboxylic acids is 3. The first-order valence-electron chi connectivity index (χ1n) is 8.29. The van der Waals surface area contributed by atoms with Gasteiger partial charge in [-0.2, -0.15) is 12.6 Å². The fourth-order valence-corrected chi connectivity index (χ4v) is 2.37. The van der Waals surface area contributed by atoms with Gasteiger partial charge in [0.05, 0.1) is 25.3 Å². The van der Waals surface area contributed by atoms with Crippen LogP contribution in [0.1, 0.15) is 12.1 Å². The molecule has 0 aliphatic heterocycles. The third kappa shape index (κ3) is 8.61. The smallest absolute Gasteiger partial charge is 0.326 e. The Morgan fingerprint density at radius 2 is 1.83 bits per heavy atom. The van der Waals surface area contributed by atoms with Crippen LogP contribution >= 0.6 is 12.6 Å². The van der Waals surface area contributed by atoms with Crippen LogP contribution in [-0.4, -0.2) is 80.3 Å². The lowest BCUT2D eigenvalue weighted by Crippen LogP contribution is -2.54. The van der Waals surface area contributed by atoms with E-state index in [0.29, 0.717) is 5.69 Å². The molecular formula is C15H22N6O7S. The van der Waals surface area contributed by atoms with Crippen molar-refractivity contribution in [2.75, 3.05) is 12.3 Å². The normalized spacial score (nSPS) is 13.6. The number of H-pyrrole nitrogens is 1. The SMILES string of the molecule is NC(Cc1cnc[nH]1)C(=O)NC(CS)C(=O)NCC(=O)NC(CC(=O)O)C(=O)O. The molecule has 3 unspecified atom stereocenters. The fourth-order valence-electron chi connectivity index (χ4n) is 2.11. The zero-order chi connectivity index (χ0) is 22.0. The summed E-state index contributed by atoms with van der Waals surface area (Å²) < 4.78 is 0. The van der Waals surface area contributed by atoms with Gasteiger partial charge in [-0.3, -0.25) is 19.2 Å². The number of nitrogens with zero attached hydrogens (tertiary/aromatic N) is 1. The van der Waals surface area contributed by atoms with Gasteiger partial charge in [0.1, 0.15) is 12.1 Å². The number of aliphatic carboxylic acids is 2. The van der Waals surface area contributed by atoms with Crippen molar-refractivity contribution < 1.29 is 34.2 Å². The first-order chi connectivity index (χ1) is 13.6. The van der Waals surface area contributed by atoms with Gasteiger partial charge in [0.25, 0.3) is 0 Å². The maximum atomic E-state index is 12.1. The van der Waals surface area contributed by atoms with Gasteiger partial charge in [-0.25, -0.2) is 9.78 Å². The Bertz CT molecular complexity index is 742. The second kappa shape index (κ2) is 11.7. The number of nitrogens with two attached hydrogens (primary N) is 1. The van der Waals surface area contributed by atoms with Crippen LogP contribution in [0.5, 0.6) is 0 Å². The molecule has 0 saturated heterocycles. The summed E-state index contributed by atoms with van der Waals surface area (Å²) in [6, 6.07) is -3.69. The van der Waals surface area contributed by atoms with E-state index in [9.17, 15) is 24.0 Å². The molecule has 3 amide bonds. The highest BCUT2D eigenvalue weighted by molar-refractivity contribution is 7.80. The second-order valence-corrected chi connectivity index (χ2v) is 6.27. The highest BCUT2D eigenvalue weighted by Crippen LogP contribution is 1.98. The van der Waals surface area contributed by atoms with E-state index < -0.39 is 60.8 Å². The third-order valence-electron chi connectivity index (χ3n) is 3.58. The predicted octanol–water partition coefficient (Wildman–Crippen LogP) is -3.15. The van der Waals surface area contributed by atoms with Crippen molar-refractivity contribution in [1.82, 2.24) is 25.9 Å². The van der Waals surface area contributed by atoms with Crippen LogP contribution in [0.25, 0.3) is 0 Å². The van der Waals surface area contributed by atoms with Gasteiger partial charge in [-0.15, -0.1) is 0 Å². The van der Waals surface area contributed by atoms with Gasteiger partial charge in [0.15, 0.2) is 0 Å². The lowest BCUT2D eigenvalue weighted by atomic mass is 10.1. The molecule has 0 aromatic carbocycles. The number of carboxylic acids is 2. The average Bonchev–Trinajstić information content (AvgIpc) is 3.15. The molecule has 0 spiro atoms. The van der Waals surface area contributed by atoms with Crippen LogP contribution in [-0.2, 0) is 30.4 Å². The van der Waals surface area contributed by atoms with Gasteiger partial charge < -0.3 is 36.9 Å². The maximum Gasteiger partial charge on any atom is 0.326 e. The molecule has 0 aliphatic carbocycles. The molecule has 0 radical (unpaired) electrons. The van der Waals surface area contributed by atoms with Crippen molar-refractivity contribution in [3.63, 3.8) is 0 Å². The summed E-state index contributed by atoms with van der Waals surface area (Å²) in [6.07, 6.45) is 2.28. The number of carbonyl (C=O) groups is 5. The second-order valence-electron chi connectivity index (χ2n) is 5.91. The number of aromatic nitrogens is 2. The number of aromatic amines is 1. The van der Waals surface area contributed by atoms with E-state index in [1.807, 2.05) is 5.32 Å². The van der Waals surface area contributed by atoms with Gasteiger partial charge in [-0.05, 0) is 0 Å². The highest BCUT2D eigenvalue weighted by Gasteiger charge is 2.25. The number of imidazole rings is 1. The molecule has 1 rings (SSSR count). The topological polar surface area (TPSA) is 217 Å². The molecule has 0 fully saturated rings. The van der Waals surface area contributed by atoms with E-state index in [0.717, 1.165) is 0 Å². The van der Waals surface area contributed by atoms with Crippen molar-refractivity contribution in [1.29, 1.82) is 0 Å². The standard InChI is InChI=1S/C15H22N6O7S/c16-8(1-7-3-17-6-19-7)13(25)21-10(5-29)14(26)18-4-11(22)20-9(15(27)28)2-12(23)24/h3,6,8-10,29H,1-2,4-5,16H2,(H,17,19)(H,18,26)(H,20,22)(H,21,25)(H,23,24)(H,27,28). The first-order valence-corrected chi connectivity index (χ1v) is 8.93. The van der Waals surface area contributed by atoms with Crippen LogP contribution < -0.4 is 21.7 Å². The Balaban J connectivity index is 2.50. The fraction of sp³-hybridized carbons (Fsp3) is 0.467. The van der Waals surface area contributed by atoms with Gasteiger partial charge in [0.2, 0.25) is 17.7 Å². The molecule has 0 aliphatic rings. The van der Waals surface area contributed by atoms with Gasteiger partial charge in [0, 0.05) is 24.1 Å². The minimum Gasteiger partial charge on any atom is -0.481 e.